The zero-order valence-electron chi connectivity index (χ0n) is 9.39. The van der Waals surface area contributed by atoms with Crippen LogP contribution in [0.1, 0.15) is 23.4 Å². The number of nitrogens with zero attached hydrogens (tertiary/aromatic N) is 1. The maximum Gasteiger partial charge on any atom is 0.436 e. The van der Waals surface area contributed by atoms with Crippen molar-refractivity contribution in [2.45, 2.75) is 19.0 Å². The summed E-state index contributed by atoms with van der Waals surface area (Å²) < 4.78 is 79.4. The van der Waals surface area contributed by atoms with E-state index >= 15 is 0 Å². The minimum Gasteiger partial charge on any atom is -0.469 e. The van der Waals surface area contributed by atoms with Crippen molar-refractivity contribution < 1.29 is 35.9 Å². The predicted octanol–water partition coefficient (Wildman–Crippen LogP) is 2.89. The van der Waals surface area contributed by atoms with Crippen LogP contribution in [-0.4, -0.2) is 18.1 Å². The Labute approximate surface area is 103 Å². The molecule has 1 rings (SSSR count). The molecule has 0 aliphatic carbocycles. The highest BCUT2D eigenvalue weighted by molar-refractivity contribution is 5.72. The second-order valence-electron chi connectivity index (χ2n) is 3.41. The molecule has 0 saturated heterocycles. The normalized spacial score (nSPS) is 11.8. The van der Waals surface area contributed by atoms with E-state index in [-0.39, 0.29) is 6.07 Å². The van der Waals surface area contributed by atoms with Gasteiger partial charge in [0.1, 0.15) is 0 Å². The molecule has 1 aromatic heterocycles. The van der Waals surface area contributed by atoms with Crippen LogP contribution in [0.2, 0.25) is 0 Å². The molecule has 0 saturated carbocycles. The van der Waals surface area contributed by atoms with Crippen LogP contribution in [-0.2, 0) is 22.1 Å². The number of carbonyl (C=O) groups excluding carboxylic acids is 1. The topological polar surface area (TPSA) is 39.2 Å². The lowest BCUT2D eigenvalue weighted by molar-refractivity contribution is -0.145. The lowest BCUT2D eigenvalue weighted by Gasteiger charge is -2.12. The fraction of sp³-hybridized carbons (Fsp3) is 0.400. The summed E-state index contributed by atoms with van der Waals surface area (Å²) >= 11 is 0. The molecule has 0 amide bonds. The number of ether oxygens (including phenoxy) is 1. The van der Waals surface area contributed by atoms with Crippen molar-refractivity contribution in [3.63, 3.8) is 0 Å². The molecular weight excluding hydrogens is 280 g/mol. The summed E-state index contributed by atoms with van der Waals surface area (Å²) in [5.41, 5.74) is -3.89. The fourth-order valence-electron chi connectivity index (χ4n) is 1.28. The second kappa shape index (κ2) is 5.45. The average molecular weight is 287 g/mol. The van der Waals surface area contributed by atoms with E-state index in [0.717, 1.165) is 7.11 Å². The molecule has 0 fully saturated rings. The fourth-order valence-corrected chi connectivity index (χ4v) is 1.28. The van der Waals surface area contributed by atoms with E-state index in [1.165, 1.54) is 0 Å². The van der Waals surface area contributed by atoms with Gasteiger partial charge in [-0.1, -0.05) is 0 Å². The molecule has 0 aliphatic heterocycles. The van der Waals surface area contributed by atoms with Gasteiger partial charge < -0.3 is 4.74 Å². The molecule has 9 heteroatoms. The summed E-state index contributed by atoms with van der Waals surface area (Å²) in [5, 5.41) is 0. The largest absolute Gasteiger partial charge is 0.469 e. The summed E-state index contributed by atoms with van der Waals surface area (Å²) in [5.74, 6) is -2.98. The van der Waals surface area contributed by atoms with E-state index in [1.54, 1.807) is 0 Å². The van der Waals surface area contributed by atoms with Gasteiger partial charge in [-0.3, -0.25) is 4.79 Å². The van der Waals surface area contributed by atoms with Gasteiger partial charge in [-0.25, -0.2) is 18.2 Å². The third-order valence-electron chi connectivity index (χ3n) is 2.13. The number of carbonyl (C=O) groups is 1. The first kappa shape index (κ1) is 15.3. The van der Waals surface area contributed by atoms with Crippen LogP contribution in [0.25, 0.3) is 0 Å². The van der Waals surface area contributed by atoms with Gasteiger partial charge in [-0.05, 0) is 6.07 Å². The maximum atomic E-state index is 13.1. The zero-order chi connectivity index (χ0) is 14.8. The standard InChI is InChI=1S/C10H7F6NO2/c1-19-7(18)3-6-4(9(12)13)2-5(11)8(17-6)10(14,15)16/h2,9H,3H2,1H3. The van der Waals surface area contributed by atoms with Crippen LogP contribution in [0.4, 0.5) is 26.3 Å². The third kappa shape index (κ3) is 3.58. The van der Waals surface area contributed by atoms with Crippen molar-refractivity contribution in [3.05, 3.63) is 28.8 Å². The number of alkyl halides is 5. The number of hydrogen-bond donors (Lipinski definition) is 0. The van der Waals surface area contributed by atoms with Crippen LogP contribution in [0.3, 0.4) is 0 Å². The predicted molar refractivity (Wildman–Crippen MR) is 49.9 cm³/mol. The molecule has 19 heavy (non-hydrogen) atoms. The van der Waals surface area contributed by atoms with Gasteiger partial charge in [0.05, 0.1) is 19.2 Å². The van der Waals surface area contributed by atoms with Gasteiger partial charge in [-0.2, -0.15) is 13.2 Å². The first-order valence-electron chi connectivity index (χ1n) is 4.78. The Balaban J connectivity index is 3.35. The summed E-state index contributed by atoms with van der Waals surface area (Å²) in [4.78, 5) is 13.7. The van der Waals surface area contributed by atoms with Crippen LogP contribution >= 0.6 is 0 Å². The molecule has 0 aromatic carbocycles. The van der Waals surface area contributed by atoms with Crippen LogP contribution in [0, 0.1) is 5.82 Å². The van der Waals surface area contributed by atoms with Crippen molar-refractivity contribution in [3.8, 4) is 0 Å². The van der Waals surface area contributed by atoms with Gasteiger partial charge in [0.2, 0.25) is 0 Å². The molecule has 0 radical (unpaired) electrons. The van der Waals surface area contributed by atoms with Gasteiger partial charge in [-0.15, -0.1) is 0 Å². The van der Waals surface area contributed by atoms with Crippen LogP contribution in [0.15, 0.2) is 6.07 Å². The Morgan fingerprint density at radius 2 is 2.00 bits per heavy atom. The Bertz CT molecular complexity index is 486. The molecule has 0 bridgehead atoms. The monoisotopic (exact) mass is 287 g/mol. The van der Waals surface area contributed by atoms with Crippen LogP contribution < -0.4 is 0 Å². The van der Waals surface area contributed by atoms with E-state index < -0.39 is 47.8 Å². The van der Waals surface area contributed by atoms with E-state index in [0.29, 0.717) is 0 Å². The highest BCUT2D eigenvalue weighted by atomic mass is 19.4. The van der Waals surface area contributed by atoms with Crippen molar-refractivity contribution in [2.24, 2.45) is 0 Å². The third-order valence-corrected chi connectivity index (χ3v) is 2.13. The SMILES string of the molecule is COC(=O)Cc1nc(C(F)(F)F)c(F)cc1C(F)F. The summed E-state index contributed by atoms with van der Waals surface area (Å²) in [6.07, 6.45) is -9.31. The van der Waals surface area contributed by atoms with Gasteiger partial charge >= 0.3 is 12.1 Å². The number of hydrogen-bond acceptors (Lipinski definition) is 3. The smallest absolute Gasteiger partial charge is 0.436 e. The Morgan fingerprint density at radius 1 is 1.42 bits per heavy atom. The number of methoxy groups -OCH3 is 1. The van der Waals surface area contributed by atoms with Gasteiger partial charge in [0.25, 0.3) is 6.43 Å². The maximum absolute atomic E-state index is 13.1. The zero-order valence-corrected chi connectivity index (χ0v) is 9.39. The molecule has 0 unspecified atom stereocenters. The molecule has 106 valence electrons. The van der Waals surface area contributed by atoms with E-state index in [4.69, 9.17) is 0 Å². The first-order chi connectivity index (χ1) is 8.66. The van der Waals surface area contributed by atoms with Crippen LogP contribution in [0.5, 0.6) is 0 Å². The first-order valence-corrected chi connectivity index (χ1v) is 4.78. The van der Waals surface area contributed by atoms with Crippen molar-refractivity contribution in [2.75, 3.05) is 7.11 Å². The van der Waals surface area contributed by atoms with Gasteiger partial charge in [0, 0.05) is 5.56 Å². The number of pyridine rings is 1. The highest BCUT2D eigenvalue weighted by Gasteiger charge is 2.38. The molecule has 0 N–H and O–H groups in total. The number of aromatic nitrogens is 1. The molecule has 1 heterocycles. The molecule has 3 nitrogen and oxygen atoms in total. The molecule has 0 spiro atoms. The van der Waals surface area contributed by atoms with E-state index in [1.807, 2.05) is 0 Å². The number of rotatable bonds is 3. The lowest BCUT2D eigenvalue weighted by Crippen LogP contribution is -2.17. The van der Waals surface area contributed by atoms with E-state index in [9.17, 15) is 31.1 Å². The van der Waals surface area contributed by atoms with Crippen molar-refractivity contribution >= 4 is 5.97 Å². The summed E-state index contributed by atoms with van der Waals surface area (Å²) in [6, 6.07) is 0.0266. The summed E-state index contributed by atoms with van der Waals surface area (Å²) in [7, 11) is 0.929. The summed E-state index contributed by atoms with van der Waals surface area (Å²) in [6.45, 7) is 0. The molecule has 1 aromatic rings. The van der Waals surface area contributed by atoms with Gasteiger partial charge in [0.15, 0.2) is 11.5 Å². The Hall–Kier alpha value is -1.80. The quantitative estimate of drug-likeness (QED) is 0.634. The van der Waals surface area contributed by atoms with Crippen molar-refractivity contribution in [1.29, 1.82) is 0 Å². The Morgan fingerprint density at radius 3 is 2.42 bits per heavy atom. The number of halogens is 6. The Kier molecular flexibility index (Phi) is 4.38. The lowest BCUT2D eigenvalue weighted by atomic mass is 10.1. The molecule has 0 atom stereocenters. The molecule has 0 aliphatic rings. The average Bonchev–Trinajstić information content (AvgIpc) is 2.28. The number of esters is 1. The second-order valence-corrected chi connectivity index (χ2v) is 3.41. The minimum atomic E-state index is -5.14. The highest BCUT2D eigenvalue weighted by Crippen LogP contribution is 2.33. The van der Waals surface area contributed by atoms with Crippen molar-refractivity contribution in [1.82, 2.24) is 4.98 Å². The van der Waals surface area contributed by atoms with E-state index in [2.05, 4.69) is 9.72 Å². The minimum absolute atomic E-state index is 0.0266. The molecular formula is C10H7F6NO2.